The highest BCUT2D eigenvalue weighted by atomic mass is 19.4. The van der Waals surface area contributed by atoms with Gasteiger partial charge >= 0.3 is 6.18 Å². The van der Waals surface area contributed by atoms with E-state index < -0.39 is 11.8 Å². The largest absolute Gasteiger partial charge is 0.423 e. The summed E-state index contributed by atoms with van der Waals surface area (Å²) < 4.78 is 45.3. The molecule has 18 heavy (non-hydrogen) atoms. The predicted octanol–water partition coefficient (Wildman–Crippen LogP) is 4.07. The minimum Gasteiger partial charge on any atom is -0.360 e. The fraction of sp³-hybridized carbons (Fsp3) is 0.615. The summed E-state index contributed by atoms with van der Waals surface area (Å²) in [5.41, 5.74) is -2.34. The first-order valence-corrected chi connectivity index (χ1v) is 6.10. The second-order valence-electron chi connectivity index (χ2n) is 4.08. The quantitative estimate of drug-likeness (QED) is 0.770. The molecule has 0 radical (unpaired) electrons. The van der Waals surface area contributed by atoms with E-state index in [-0.39, 0.29) is 18.7 Å². The zero-order chi connectivity index (χ0) is 13.6. The monoisotopic (exact) mass is 261 g/mol. The predicted molar refractivity (Wildman–Crippen MR) is 63.1 cm³/mol. The molecular weight excluding hydrogens is 243 g/mol. The molecule has 0 aromatic carbocycles. The fourth-order valence-electron chi connectivity index (χ4n) is 1.92. The lowest BCUT2D eigenvalue weighted by Crippen LogP contribution is -2.45. The van der Waals surface area contributed by atoms with Crippen LogP contribution in [0.1, 0.15) is 38.8 Å². The fourth-order valence-corrected chi connectivity index (χ4v) is 1.92. The molecule has 5 heteroatoms. The van der Waals surface area contributed by atoms with Crippen molar-refractivity contribution in [3.63, 3.8) is 0 Å². The molecule has 0 fully saturated rings. The van der Waals surface area contributed by atoms with E-state index in [1.807, 2.05) is 6.92 Å². The molecular formula is C13H18F3NO. The summed E-state index contributed by atoms with van der Waals surface area (Å²) in [6.45, 7) is 3.42. The average Bonchev–Trinajstić information content (AvgIpc) is 2.34. The smallest absolute Gasteiger partial charge is 0.360 e. The summed E-state index contributed by atoms with van der Waals surface area (Å²) in [6.07, 6.45) is -2.08. The zero-order valence-electron chi connectivity index (χ0n) is 10.6. The molecule has 0 aliphatic rings. The van der Waals surface area contributed by atoms with Crippen molar-refractivity contribution in [1.29, 1.82) is 0 Å². The number of alkyl halides is 3. The van der Waals surface area contributed by atoms with Gasteiger partial charge in [0.1, 0.15) is 0 Å². The minimum atomic E-state index is -4.47. The molecule has 0 spiro atoms. The number of hydrogen-bond acceptors (Lipinski definition) is 2. The first-order valence-electron chi connectivity index (χ1n) is 6.10. The van der Waals surface area contributed by atoms with Crippen molar-refractivity contribution in [2.24, 2.45) is 0 Å². The van der Waals surface area contributed by atoms with Gasteiger partial charge in [-0.05, 0) is 25.5 Å². The van der Waals surface area contributed by atoms with Crippen molar-refractivity contribution in [2.75, 3.05) is 6.61 Å². The SMILES string of the molecule is CCCCC(OCC)(c1ccccn1)C(F)(F)F. The van der Waals surface area contributed by atoms with Crippen LogP contribution in [0.3, 0.4) is 0 Å². The molecule has 1 aromatic rings. The van der Waals surface area contributed by atoms with Gasteiger partial charge in [0, 0.05) is 12.8 Å². The molecule has 1 rings (SSSR count). The van der Waals surface area contributed by atoms with Crippen LogP contribution in [-0.4, -0.2) is 17.8 Å². The van der Waals surface area contributed by atoms with Crippen molar-refractivity contribution >= 4 is 0 Å². The molecule has 102 valence electrons. The van der Waals surface area contributed by atoms with Crippen LogP contribution >= 0.6 is 0 Å². The van der Waals surface area contributed by atoms with Crippen molar-refractivity contribution in [2.45, 2.75) is 44.9 Å². The van der Waals surface area contributed by atoms with Crippen LogP contribution in [0.15, 0.2) is 24.4 Å². The molecule has 1 unspecified atom stereocenters. The second-order valence-corrected chi connectivity index (χ2v) is 4.08. The summed E-state index contributed by atoms with van der Waals surface area (Å²) >= 11 is 0. The number of halogens is 3. The summed E-state index contributed by atoms with van der Waals surface area (Å²) in [4.78, 5) is 3.84. The van der Waals surface area contributed by atoms with Gasteiger partial charge in [0.25, 0.3) is 0 Å². The van der Waals surface area contributed by atoms with Crippen molar-refractivity contribution in [3.05, 3.63) is 30.1 Å². The number of ether oxygens (including phenoxy) is 1. The first-order chi connectivity index (χ1) is 8.48. The average molecular weight is 261 g/mol. The van der Waals surface area contributed by atoms with Crippen LogP contribution in [0.2, 0.25) is 0 Å². The molecule has 0 aliphatic carbocycles. The van der Waals surface area contributed by atoms with Gasteiger partial charge in [-0.15, -0.1) is 0 Å². The van der Waals surface area contributed by atoms with Gasteiger partial charge < -0.3 is 4.74 Å². The van der Waals surface area contributed by atoms with Gasteiger partial charge in [-0.2, -0.15) is 13.2 Å². The molecule has 1 heterocycles. The highest BCUT2D eigenvalue weighted by Crippen LogP contribution is 2.45. The van der Waals surface area contributed by atoms with Crippen LogP contribution in [0.4, 0.5) is 13.2 Å². The van der Waals surface area contributed by atoms with Gasteiger partial charge in [-0.25, -0.2) is 0 Å². The normalized spacial score (nSPS) is 15.4. The molecule has 0 N–H and O–H groups in total. The second kappa shape index (κ2) is 6.18. The molecule has 0 saturated heterocycles. The lowest BCUT2D eigenvalue weighted by Gasteiger charge is -2.35. The maximum Gasteiger partial charge on any atom is 0.423 e. The van der Waals surface area contributed by atoms with Crippen LogP contribution in [-0.2, 0) is 10.3 Å². The van der Waals surface area contributed by atoms with Crippen molar-refractivity contribution in [1.82, 2.24) is 4.98 Å². The standard InChI is InChI=1S/C13H18F3NO/c1-3-5-9-12(18-4-2,13(14,15)16)11-8-6-7-10-17-11/h6-8,10H,3-5,9H2,1-2H3. The Kier molecular flexibility index (Phi) is 5.14. The number of hydrogen-bond donors (Lipinski definition) is 0. The highest BCUT2D eigenvalue weighted by molar-refractivity contribution is 5.16. The van der Waals surface area contributed by atoms with E-state index in [0.717, 1.165) is 0 Å². The topological polar surface area (TPSA) is 22.1 Å². The third-order valence-corrected chi connectivity index (χ3v) is 2.81. The third-order valence-electron chi connectivity index (χ3n) is 2.81. The Morgan fingerprint density at radius 3 is 2.39 bits per heavy atom. The van der Waals surface area contributed by atoms with Crippen LogP contribution in [0.25, 0.3) is 0 Å². The molecule has 0 bridgehead atoms. The van der Waals surface area contributed by atoms with Gasteiger partial charge in [0.05, 0.1) is 5.69 Å². The first kappa shape index (κ1) is 15.0. The molecule has 2 nitrogen and oxygen atoms in total. The Hall–Kier alpha value is -1.10. The van der Waals surface area contributed by atoms with E-state index >= 15 is 0 Å². The van der Waals surface area contributed by atoms with Crippen LogP contribution < -0.4 is 0 Å². The number of nitrogens with zero attached hydrogens (tertiary/aromatic N) is 1. The van der Waals surface area contributed by atoms with Gasteiger partial charge in [-0.1, -0.05) is 25.8 Å². The van der Waals surface area contributed by atoms with Gasteiger partial charge in [-0.3, -0.25) is 4.98 Å². The maximum atomic E-state index is 13.4. The Labute approximate surface area is 105 Å². The van der Waals surface area contributed by atoms with E-state index in [0.29, 0.717) is 12.8 Å². The van der Waals surface area contributed by atoms with E-state index in [4.69, 9.17) is 4.74 Å². The highest BCUT2D eigenvalue weighted by Gasteiger charge is 2.57. The lowest BCUT2D eigenvalue weighted by molar-refractivity contribution is -0.288. The van der Waals surface area contributed by atoms with Crippen molar-refractivity contribution < 1.29 is 17.9 Å². The third kappa shape index (κ3) is 3.02. The molecule has 0 aliphatic heterocycles. The number of unbranched alkanes of at least 4 members (excludes halogenated alkanes) is 1. The Balaban J connectivity index is 3.20. The zero-order valence-corrected chi connectivity index (χ0v) is 10.6. The number of aromatic nitrogens is 1. The molecule has 0 amide bonds. The molecule has 1 aromatic heterocycles. The summed E-state index contributed by atoms with van der Waals surface area (Å²) in [6, 6.07) is 4.52. The van der Waals surface area contributed by atoms with E-state index in [1.54, 1.807) is 19.1 Å². The lowest BCUT2D eigenvalue weighted by atomic mass is 9.91. The summed E-state index contributed by atoms with van der Waals surface area (Å²) in [7, 11) is 0. The Bertz CT molecular complexity index is 353. The minimum absolute atomic E-state index is 0.000200. The summed E-state index contributed by atoms with van der Waals surface area (Å²) in [5.74, 6) is 0. The van der Waals surface area contributed by atoms with Crippen LogP contribution in [0, 0.1) is 0 Å². The maximum absolute atomic E-state index is 13.4. The molecule has 1 atom stereocenters. The Morgan fingerprint density at radius 1 is 1.22 bits per heavy atom. The molecule has 0 saturated carbocycles. The van der Waals surface area contributed by atoms with Gasteiger partial charge in [0.15, 0.2) is 0 Å². The van der Waals surface area contributed by atoms with E-state index in [9.17, 15) is 13.2 Å². The van der Waals surface area contributed by atoms with E-state index in [1.165, 1.54) is 12.3 Å². The number of rotatable bonds is 6. The van der Waals surface area contributed by atoms with Gasteiger partial charge in [0.2, 0.25) is 5.60 Å². The van der Waals surface area contributed by atoms with Crippen molar-refractivity contribution in [3.8, 4) is 0 Å². The Morgan fingerprint density at radius 2 is 1.94 bits per heavy atom. The number of pyridine rings is 1. The summed E-state index contributed by atoms with van der Waals surface area (Å²) in [5, 5.41) is 0. The van der Waals surface area contributed by atoms with E-state index in [2.05, 4.69) is 4.98 Å². The van der Waals surface area contributed by atoms with Crippen LogP contribution in [0.5, 0.6) is 0 Å².